The number of hydrogen-bond acceptors (Lipinski definition) is 4. The molecule has 0 aliphatic carbocycles. The molecule has 2 N–H and O–H groups in total. The standard InChI is InChI=1S/2C16H34OS/c2*17-15-13-11-9-7-5-3-1-2-4-6-8-10-12-14-16-18/h2*17-18H,1-16H2. The fraction of sp³-hybridized carbons (Fsp3) is 1.00. The van der Waals surface area contributed by atoms with Gasteiger partial charge in [-0.05, 0) is 37.2 Å². The average Bonchev–Trinajstić information content (AvgIpc) is 2.89. The van der Waals surface area contributed by atoms with Gasteiger partial charge in [-0.15, -0.1) is 0 Å². The third kappa shape index (κ3) is 41.7. The van der Waals surface area contributed by atoms with Crippen LogP contribution in [0.25, 0.3) is 0 Å². The van der Waals surface area contributed by atoms with Gasteiger partial charge in [0.05, 0.1) is 0 Å². The van der Waals surface area contributed by atoms with E-state index in [4.69, 9.17) is 10.2 Å². The van der Waals surface area contributed by atoms with Crippen LogP contribution in [0.5, 0.6) is 0 Å². The van der Waals surface area contributed by atoms with Crippen molar-refractivity contribution in [1.29, 1.82) is 0 Å². The third-order valence-electron chi connectivity index (χ3n) is 7.13. The van der Waals surface area contributed by atoms with Crippen LogP contribution in [0, 0.1) is 0 Å². The molecule has 0 aromatic rings. The Kier molecular flexibility index (Phi) is 43.2. The van der Waals surface area contributed by atoms with Gasteiger partial charge in [-0.1, -0.05) is 154 Å². The van der Waals surface area contributed by atoms with Gasteiger partial charge in [0.15, 0.2) is 0 Å². The van der Waals surface area contributed by atoms with E-state index in [0.29, 0.717) is 13.2 Å². The van der Waals surface area contributed by atoms with E-state index in [1.54, 1.807) is 0 Å². The largest absolute Gasteiger partial charge is 0.396 e. The monoisotopic (exact) mass is 548 g/mol. The van der Waals surface area contributed by atoms with Crippen LogP contribution in [0.3, 0.4) is 0 Å². The minimum atomic E-state index is 0.369. The SMILES string of the molecule is OCCCCCCCCCCCCCCCCS.OCCCCCCCCCCCCCCCCS. The number of aliphatic hydroxyl groups excluding tert-OH is 2. The number of aliphatic hydroxyl groups is 2. The molecule has 0 fully saturated rings. The highest BCUT2D eigenvalue weighted by molar-refractivity contribution is 7.80. The highest BCUT2D eigenvalue weighted by Crippen LogP contribution is 2.14. The second kappa shape index (κ2) is 40.1. The zero-order chi connectivity index (χ0) is 26.6. The smallest absolute Gasteiger partial charge is 0.0431 e. The van der Waals surface area contributed by atoms with E-state index in [-0.39, 0.29) is 0 Å². The molecule has 0 saturated carbocycles. The molecule has 0 saturated heterocycles. The first-order chi connectivity index (χ1) is 17.8. The molecule has 0 amide bonds. The summed E-state index contributed by atoms with van der Waals surface area (Å²) in [6.45, 7) is 0.738. The Hall–Kier alpha value is 0.620. The van der Waals surface area contributed by atoms with Crippen molar-refractivity contribution in [3.8, 4) is 0 Å². The Balaban J connectivity index is 0. The summed E-state index contributed by atoms with van der Waals surface area (Å²) in [6.07, 6.45) is 37.8. The minimum absolute atomic E-state index is 0.369. The lowest BCUT2D eigenvalue weighted by molar-refractivity contribution is 0.282. The van der Waals surface area contributed by atoms with Gasteiger partial charge in [0, 0.05) is 13.2 Å². The second-order valence-electron chi connectivity index (χ2n) is 10.8. The second-order valence-corrected chi connectivity index (χ2v) is 11.7. The van der Waals surface area contributed by atoms with E-state index >= 15 is 0 Å². The molecule has 0 aromatic carbocycles. The molecule has 0 aliphatic heterocycles. The Bertz CT molecular complexity index is 278. The molecule has 0 atom stereocenters. The number of hydrogen-bond donors (Lipinski definition) is 4. The Morgan fingerprint density at radius 2 is 0.361 bits per heavy atom. The van der Waals surface area contributed by atoms with Crippen molar-refractivity contribution in [2.75, 3.05) is 24.7 Å². The zero-order valence-electron chi connectivity index (χ0n) is 24.4. The number of rotatable bonds is 30. The molecular formula is C32H68O2S2. The van der Waals surface area contributed by atoms with Gasteiger partial charge in [-0.3, -0.25) is 0 Å². The minimum Gasteiger partial charge on any atom is -0.396 e. The van der Waals surface area contributed by atoms with Crippen molar-refractivity contribution >= 4 is 25.3 Å². The number of unbranched alkanes of at least 4 members (excludes halogenated alkanes) is 26. The molecule has 0 rings (SSSR count). The van der Waals surface area contributed by atoms with Gasteiger partial charge in [0.25, 0.3) is 0 Å². The van der Waals surface area contributed by atoms with Crippen molar-refractivity contribution in [2.24, 2.45) is 0 Å². The average molecular weight is 549 g/mol. The summed E-state index contributed by atoms with van der Waals surface area (Å²) >= 11 is 8.45. The van der Waals surface area contributed by atoms with E-state index in [2.05, 4.69) is 25.3 Å². The van der Waals surface area contributed by atoms with Gasteiger partial charge >= 0.3 is 0 Å². The zero-order valence-corrected chi connectivity index (χ0v) is 26.2. The first kappa shape index (κ1) is 38.8. The van der Waals surface area contributed by atoms with Crippen molar-refractivity contribution in [2.45, 2.75) is 180 Å². The van der Waals surface area contributed by atoms with E-state index < -0.39 is 0 Å². The molecule has 0 aromatic heterocycles. The maximum absolute atomic E-state index is 8.65. The normalized spacial score (nSPS) is 11.0. The summed E-state index contributed by atoms with van der Waals surface area (Å²) in [5.74, 6) is 2.11. The molecule has 0 radical (unpaired) electrons. The topological polar surface area (TPSA) is 40.5 Å². The number of thiol groups is 2. The maximum atomic E-state index is 8.65. The van der Waals surface area contributed by atoms with Crippen LogP contribution in [0.2, 0.25) is 0 Å². The van der Waals surface area contributed by atoms with Gasteiger partial charge in [-0.2, -0.15) is 25.3 Å². The van der Waals surface area contributed by atoms with Gasteiger partial charge in [0.2, 0.25) is 0 Å². The van der Waals surface area contributed by atoms with Crippen LogP contribution in [0.15, 0.2) is 0 Å². The Morgan fingerprint density at radius 1 is 0.222 bits per heavy atom. The summed E-state index contributed by atoms with van der Waals surface area (Å²) in [4.78, 5) is 0. The predicted octanol–water partition coefficient (Wildman–Crippen LogP) is 10.7. The van der Waals surface area contributed by atoms with Crippen molar-refractivity contribution < 1.29 is 10.2 Å². The van der Waals surface area contributed by atoms with E-state index in [1.807, 2.05) is 0 Å². The van der Waals surface area contributed by atoms with Crippen molar-refractivity contribution in [3.63, 3.8) is 0 Å². The first-order valence-corrected chi connectivity index (χ1v) is 17.5. The molecule has 220 valence electrons. The van der Waals surface area contributed by atoms with E-state index in [0.717, 1.165) is 24.3 Å². The molecule has 4 heteroatoms. The third-order valence-corrected chi connectivity index (χ3v) is 7.76. The lowest BCUT2D eigenvalue weighted by Crippen LogP contribution is -1.85. The van der Waals surface area contributed by atoms with Crippen LogP contribution in [0.1, 0.15) is 180 Å². The fourth-order valence-corrected chi connectivity index (χ4v) is 5.14. The fourth-order valence-electron chi connectivity index (χ4n) is 4.69. The van der Waals surface area contributed by atoms with Crippen molar-refractivity contribution in [3.05, 3.63) is 0 Å². The van der Waals surface area contributed by atoms with Crippen LogP contribution in [0.4, 0.5) is 0 Å². The molecule has 0 unspecified atom stereocenters. The quantitative estimate of drug-likeness (QED) is 0.0532. The van der Waals surface area contributed by atoms with E-state index in [9.17, 15) is 0 Å². The highest BCUT2D eigenvalue weighted by Gasteiger charge is 1.95. The molecular weight excluding hydrogens is 480 g/mol. The van der Waals surface area contributed by atoms with Crippen LogP contribution in [-0.4, -0.2) is 34.9 Å². The van der Waals surface area contributed by atoms with E-state index in [1.165, 1.54) is 167 Å². The Labute approximate surface area is 239 Å². The molecule has 36 heavy (non-hydrogen) atoms. The summed E-state index contributed by atoms with van der Waals surface area (Å²) < 4.78 is 0. The van der Waals surface area contributed by atoms with Gasteiger partial charge in [0.1, 0.15) is 0 Å². The predicted molar refractivity (Wildman–Crippen MR) is 171 cm³/mol. The molecule has 0 heterocycles. The first-order valence-electron chi connectivity index (χ1n) is 16.3. The highest BCUT2D eigenvalue weighted by atomic mass is 32.1. The van der Waals surface area contributed by atoms with Gasteiger partial charge in [-0.25, -0.2) is 0 Å². The molecule has 0 spiro atoms. The maximum Gasteiger partial charge on any atom is 0.0431 e. The lowest BCUT2D eigenvalue weighted by Gasteiger charge is -2.02. The van der Waals surface area contributed by atoms with Crippen molar-refractivity contribution in [1.82, 2.24) is 0 Å². The van der Waals surface area contributed by atoms with Gasteiger partial charge < -0.3 is 10.2 Å². The summed E-state index contributed by atoms with van der Waals surface area (Å²) in [7, 11) is 0. The van der Waals surface area contributed by atoms with Crippen LogP contribution in [-0.2, 0) is 0 Å². The summed E-state index contributed by atoms with van der Waals surface area (Å²) in [6, 6.07) is 0. The molecule has 2 nitrogen and oxygen atoms in total. The summed E-state index contributed by atoms with van der Waals surface area (Å²) in [5.41, 5.74) is 0. The molecule has 0 aliphatic rings. The summed E-state index contributed by atoms with van der Waals surface area (Å²) in [5, 5.41) is 17.3. The van der Waals surface area contributed by atoms with Crippen LogP contribution >= 0.6 is 25.3 Å². The lowest BCUT2D eigenvalue weighted by atomic mass is 10.0. The van der Waals surface area contributed by atoms with Crippen LogP contribution < -0.4 is 0 Å². The molecule has 0 bridgehead atoms. The Morgan fingerprint density at radius 3 is 0.500 bits per heavy atom.